The van der Waals surface area contributed by atoms with Crippen LogP contribution in [0.2, 0.25) is 0 Å². The molecule has 0 heterocycles. The molecule has 3 atom stereocenters. The number of nitrogens with one attached hydrogen (secondary N) is 1. The van der Waals surface area contributed by atoms with E-state index in [1.165, 1.54) is 19.3 Å². The van der Waals surface area contributed by atoms with Gasteiger partial charge in [-0.1, -0.05) is 6.42 Å². The number of β-amino-alcohol motifs (C(OH)–C–C–N with tert-alkyl or cyclic N) is 1. The number of aliphatic hydroxyl groups is 1. The first-order valence-corrected chi connectivity index (χ1v) is 5.88. The van der Waals surface area contributed by atoms with E-state index < -0.39 is 5.60 Å². The van der Waals surface area contributed by atoms with Crippen molar-refractivity contribution in [3.63, 3.8) is 0 Å². The van der Waals surface area contributed by atoms with Crippen molar-refractivity contribution in [2.45, 2.75) is 57.6 Å². The molecule has 0 bridgehead atoms. The van der Waals surface area contributed by atoms with Crippen LogP contribution < -0.4 is 5.32 Å². The lowest BCUT2D eigenvalue weighted by Crippen LogP contribution is -2.50. The van der Waals surface area contributed by atoms with E-state index in [9.17, 15) is 5.11 Å². The number of fused-ring (bicyclic) bond motifs is 1. The summed E-state index contributed by atoms with van der Waals surface area (Å²) in [6.07, 6.45) is 4.82. The van der Waals surface area contributed by atoms with Crippen LogP contribution in [0, 0.1) is 11.8 Å². The Labute approximate surface area is 87.1 Å². The maximum absolute atomic E-state index is 10.5. The highest BCUT2D eigenvalue weighted by Gasteiger charge is 2.53. The van der Waals surface area contributed by atoms with Crippen molar-refractivity contribution in [1.29, 1.82) is 0 Å². The van der Waals surface area contributed by atoms with Gasteiger partial charge in [-0.15, -0.1) is 0 Å². The lowest BCUT2D eigenvalue weighted by atomic mass is 9.84. The molecule has 3 unspecified atom stereocenters. The van der Waals surface area contributed by atoms with Gasteiger partial charge in [0, 0.05) is 12.1 Å². The van der Waals surface area contributed by atoms with Gasteiger partial charge >= 0.3 is 0 Å². The van der Waals surface area contributed by atoms with E-state index >= 15 is 0 Å². The molecule has 0 aromatic carbocycles. The second-order valence-corrected chi connectivity index (χ2v) is 6.20. The Hall–Kier alpha value is -0.0800. The Balaban J connectivity index is 1.89. The zero-order valence-electron chi connectivity index (χ0n) is 9.64. The van der Waals surface area contributed by atoms with Crippen LogP contribution in [0.1, 0.15) is 46.5 Å². The average Bonchev–Trinajstić information content (AvgIpc) is 2.80. The van der Waals surface area contributed by atoms with Crippen LogP contribution in [0.5, 0.6) is 0 Å². The number of rotatable bonds is 2. The van der Waals surface area contributed by atoms with E-state index in [0.29, 0.717) is 5.92 Å². The van der Waals surface area contributed by atoms with Gasteiger partial charge in [0.2, 0.25) is 0 Å². The third kappa shape index (κ3) is 2.12. The lowest BCUT2D eigenvalue weighted by molar-refractivity contribution is -0.0142. The summed E-state index contributed by atoms with van der Waals surface area (Å²) in [7, 11) is 0. The quantitative estimate of drug-likeness (QED) is 0.709. The lowest BCUT2D eigenvalue weighted by Gasteiger charge is -2.35. The molecule has 0 amide bonds. The number of hydrogen-bond acceptors (Lipinski definition) is 2. The van der Waals surface area contributed by atoms with Crippen LogP contribution in [-0.4, -0.2) is 22.8 Å². The minimum atomic E-state index is -0.393. The van der Waals surface area contributed by atoms with Crippen molar-refractivity contribution in [2.24, 2.45) is 11.8 Å². The Morgan fingerprint density at radius 1 is 1.43 bits per heavy atom. The zero-order valence-corrected chi connectivity index (χ0v) is 9.64. The third-order valence-corrected chi connectivity index (χ3v) is 3.72. The minimum Gasteiger partial charge on any atom is -0.388 e. The molecule has 0 radical (unpaired) electrons. The van der Waals surface area contributed by atoms with Crippen molar-refractivity contribution in [3.05, 3.63) is 0 Å². The van der Waals surface area contributed by atoms with Gasteiger partial charge in [-0.25, -0.2) is 0 Å². The van der Waals surface area contributed by atoms with Crippen molar-refractivity contribution in [2.75, 3.05) is 6.54 Å². The molecule has 2 aliphatic carbocycles. The van der Waals surface area contributed by atoms with Gasteiger partial charge in [0.15, 0.2) is 0 Å². The van der Waals surface area contributed by atoms with Crippen LogP contribution in [-0.2, 0) is 0 Å². The molecule has 82 valence electrons. The molecule has 2 N–H and O–H groups in total. The summed E-state index contributed by atoms with van der Waals surface area (Å²) in [5, 5.41) is 13.9. The van der Waals surface area contributed by atoms with Crippen LogP contribution in [0.4, 0.5) is 0 Å². The van der Waals surface area contributed by atoms with Crippen molar-refractivity contribution < 1.29 is 5.11 Å². The summed E-state index contributed by atoms with van der Waals surface area (Å²) in [5.41, 5.74) is -0.270. The maximum Gasteiger partial charge on any atom is 0.0802 e. The highest BCUT2D eigenvalue weighted by atomic mass is 16.3. The molecule has 2 saturated carbocycles. The molecule has 2 fully saturated rings. The van der Waals surface area contributed by atoms with Crippen LogP contribution in [0.15, 0.2) is 0 Å². The molecule has 0 aliphatic heterocycles. The van der Waals surface area contributed by atoms with Gasteiger partial charge in [-0.2, -0.15) is 0 Å². The smallest absolute Gasteiger partial charge is 0.0802 e. The second kappa shape index (κ2) is 3.21. The first-order valence-electron chi connectivity index (χ1n) is 5.88. The predicted octanol–water partition coefficient (Wildman–Crippen LogP) is 1.93. The summed E-state index contributed by atoms with van der Waals surface area (Å²) in [5.74, 6) is 1.45. The SMILES string of the molecule is CC(C)(C)NCC1(O)CCCC2CC21. The normalized spacial score (nSPS) is 42.0. The largest absolute Gasteiger partial charge is 0.388 e. The van der Waals surface area contributed by atoms with Crippen molar-refractivity contribution in [3.8, 4) is 0 Å². The number of hydrogen-bond donors (Lipinski definition) is 2. The molecular formula is C12H23NO. The summed E-state index contributed by atoms with van der Waals surface area (Å²) < 4.78 is 0. The highest BCUT2D eigenvalue weighted by molar-refractivity contribution is 5.05. The topological polar surface area (TPSA) is 32.3 Å². The van der Waals surface area contributed by atoms with Gasteiger partial charge in [0.1, 0.15) is 0 Å². The molecule has 2 heteroatoms. The minimum absolute atomic E-state index is 0.123. The average molecular weight is 197 g/mol. The fraction of sp³-hybridized carbons (Fsp3) is 1.00. The molecule has 0 spiro atoms. The Bertz CT molecular complexity index is 221. The van der Waals surface area contributed by atoms with E-state index in [2.05, 4.69) is 26.1 Å². The summed E-state index contributed by atoms with van der Waals surface area (Å²) in [6, 6.07) is 0. The van der Waals surface area contributed by atoms with E-state index in [0.717, 1.165) is 18.9 Å². The first-order chi connectivity index (χ1) is 6.41. The standard InChI is InChI=1S/C12H23NO/c1-11(2,3)13-8-12(14)6-4-5-9-7-10(9)12/h9-10,13-14H,4-8H2,1-3H3. The van der Waals surface area contributed by atoms with Crippen LogP contribution >= 0.6 is 0 Å². The van der Waals surface area contributed by atoms with E-state index in [1.807, 2.05) is 0 Å². The van der Waals surface area contributed by atoms with Gasteiger partial charge in [0.25, 0.3) is 0 Å². The fourth-order valence-corrected chi connectivity index (χ4v) is 2.72. The van der Waals surface area contributed by atoms with Crippen molar-refractivity contribution in [1.82, 2.24) is 5.32 Å². The molecule has 2 aliphatic rings. The van der Waals surface area contributed by atoms with Gasteiger partial charge < -0.3 is 10.4 Å². The van der Waals surface area contributed by atoms with Crippen molar-refractivity contribution >= 4 is 0 Å². The van der Waals surface area contributed by atoms with Crippen LogP contribution in [0.25, 0.3) is 0 Å². The molecule has 14 heavy (non-hydrogen) atoms. The molecule has 2 nitrogen and oxygen atoms in total. The Morgan fingerprint density at radius 3 is 2.79 bits per heavy atom. The molecule has 2 rings (SSSR count). The molecule has 0 saturated heterocycles. The van der Waals surface area contributed by atoms with E-state index in [-0.39, 0.29) is 5.54 Å². The summed E-state index contributed by atoms with van der Waals surface area (Å²) in [6.45, 7) is 7.24. The monoisotopic (exact) mass is 197 g/mol. The van der Waals surface area contributed by atoms with Gasteiger partial charge in [-0.3, -0.25) is 0 Å². The predicted molar refractivity (Wildman–Crippen MR) is 58.2 cm³/mol. The molecule has 0 aromatic heterocycles. The molecular weight excluding hydrogens is 174 g/mol. The van der Waals surface area contributed by atoms with E-state index in [1.54, 1.807) is 0 Å². The summed E-state index contributed by atoms with van der Waals surface area (Å²) in [4.78, 5) is 0. The fourth-order valence-electron chi connectivity index (χ4n) is 2.72. The maximum atomic E-state index is 10.5. The van der Waals surface area contributed by atoms with E-state index in [4.69, 9.17) is 0 Å². The van der Waals surface area contributed by atoms with Crippen LogP contribution in [0.3, 0.4) is 0 Å². The Kier molecular flexibility index (Phi) is 2.39. The highest BCUT2D eigenvalue weighted by Crippen LogP contribution is 2.54. The van der Waals surface area contributed by atoms with Gasteiger partial charge in [0.05, 0.1) is 5.60 Å². The molecule has 0 aromatic rings. The summed E-state index contributed by atoms with van der Waals surface area (Å²) >= 11 is 0. The zero-order chi connectivity index (χ0) is 10.4. The third-order valence-electron chi connectivity index (χ3n) is 3.72. The second-order valence-electron chi connectivity index (χ2n) is 6.20. The van der Waals surface area contributed by atoms with Gasteiger partial charge in [-0.05, 0) is 51.9 Å². The Morgan fingerprint density at radius 2 is 2.14 bits per heavy atom. The first kappa shape index (κ1) is 10.4.